The van der Waals surface area contributed by atoms with Gasteiger partial charge in [0.1, 0.15) is 11.9 Å². The zero-order valence-corrected chi connectivity index (χ0v) is 18.0. The highest BCUT2D eigenvalue weighted by molar-refractivity contribution is 5.68. The van der Waals surface area contributed by atoms with E-state index in [4.69, 9.17) is 19.5 Å². The Morgan fingerprint density at radius 3 is 2.69 bits per heavy atom. The molecule has 3 heterocycles. The number of rotatable bonds is 5. The monoisotopic (exact) mass is 440 g/mol. The fourth-order valence-corrected chi connectivity index (χ4v) is 4.05. The fraction of sp³-hybridized carbons (Fsp3) is 0.435. The number of benzene rings is 1. The minimum absolute atomic E-state index is 0.00315. The molecule has 4 rings (SSSR count). The van der Waals surface area contributed by atoms with Crippen LogP contribution < -0.4 is 10.1 Å². The molecule has 1 amide bonds. The van der Waals surface area contributed by atoms with Gasteiger partial charge in [0.25, 0.3) is 0 Å². The summed E-state index contributed by atoms with van der Waals surface area (Å²) in [5.41, 5.74) is 1.12. The first-order valence-corrected chi connectivity index (χ1v) is 10.6. The van der Waals surface area contributed by atoms with Crippen LogP contribution in [0.25, 0.3) is 0 Å². The van der Waals surface area contributed by atoms with Crippen molar-refractivity contribution in [1.82, 2.24) is 9.88 Å². The van der Waals surface area contributed by atoms with E-state index in [2.05, 4.69) is 10.3 Å². The summed E-state index contributed by atoms with van der Waals surface area (Å²) in [7, 11) is 0. The molecule has 0 saturated carbocycles. The number of fused-ring (bicyclic) bond motifs is 2. The highest BCUT2D eigenvalue weighted by Crippen LogP contribution is 2.32. The molecule has 2 atom stereocenters. The molecule has 1 N–H and O–H groups in total. The molecule has 1 aromatic heterocycles. The van der Waals surface area contributed by atoms with Crippen molar-refractivity contribution in [2.75, 3.05) is 31.6 Å². The third kappa shape index (κ3) is 4.92. The maximum atomic E-state index is 14.2. The molecule has 2 bridgehead atoms. The number of likely N-dealkylation sites (tertiary alicyclic amines) is 1. The summed E-state index contributed by atoms with van der Waals surface area (Å²) in [5, 5.41) is 11.9. The standard InChI is InChI=1S/C23H25FN4O4/c1-14(2)31-23(29)28-10-16-12-30-13-17(11-28)22(16)32-21-8-18(5-6-26-21)27-20-4-3-15(9-25)7-19(20)24/h3-8,14,16-17,22H,10-13H2,1-2H3,(H,26,27). The van der Waals surface area contributed by atoms with Gasteiger partial charge in [-0.3, -0.25) is 0 Å². The average Bonchev–Trinajstić information content (AvgIpc) is 2.74. The third-order valence-corrected chi connectivity index (χ3v) is 5.47. The molecule has 9 heteroatoms. The Bertz CT molecular complexity index is 1010. The molecule has 32 heavy (non-hydrogen) atoms. The van der Waals surface area contributed by atoms with E-state index in [0.717, 1.165) is 0 Å². The van der Waals surface area contributed by atoms with Crippen LogP contribution in [0.2, 0.25) is 0 Å². The van der Waals surface area contributed by atoms with Gasteiger partial charge in [-0.05, 0) is 38.1 Å². The Morgan fingerprint density at radius 2 is 2.03 bits per heavy atom. The molecule has 1 aromatic carbocycles. The van der Waals surface area contributed by atoms with Crippen molar-refractivity contribution in [3.05, 3.63) is 47.9 Å². The lowest BCUT2D eigenvalue weighted by molar-refractivity contribution is -0.110. The summed E-state index contributed by atoms with van der Waals surface area (Å²) in [6.07, 6.45) is 0.944. The van der Waals surface area contributed by atoms with Crippen LogP contribution in [0.4, 0.5) is 20.6 Å². The lowest BCUT2D eigenvalue weighted by atomic mass is 9.84. The van der Waals surface area contributed by atoms with E-state index < -0.39 is 5.82 Å². The summed E-state index contributed by atoms with van der Waals surface area (Å²) >= 11 is 0. The van der Waals surface area contributed by atoms with E-state index in [1.807, 2.05) is 19.9 Å². The number of amides is 1. The van der Waals surface area contributed by atoms with E-state index >= 15 is 0 Å². The van der Waals surface area contributed by atoms with Crippen LogP contribution in [0.3, 0.4) is 0 Å². The van der Waals surface area contributed by atoms with Crippen molar-refractivity contribution >= 4 is 17.5 Å². The Labute approximate surface area is 185 Å². The number of halogens is 1. The van der Waals surface area contributed by atoms with E-state index in [0.29, 0.717) is 37.9 Å². The van der Waals surface area contributed by atoms with E-state index in [1.165, 1.54) is 12.1 Å². The van der Waals surface area contributed by atoms with Gasteiger partial charge in [0.2, 0.25) is 5.88 Å². The molecular weight excluding hydrogens is 415 g/mol. The molecule has 2 unspecified atom stereocenters. The molecule has 8 nitrogen and oxygen atoms in total. The van der Waals surface area contributed by atoms with Crippen LogP contribution in [-0.2, 0) is 9.47 Å². The number of hydrogen-bond donors (Lipinski definition) is 1. The number of nitriles is 1. The quantitative estimate of drug-likeness (QED) is 0.757. The fourth-order valence-electron chi connectivity index (χ4n) is 4.05. The summed E-state index contributed by atoms with van der Waals surface area (Å²) in [6, 6.07) is 9.56. The zero-order chi connectivity index (χ0) is 22.7. The minimum atomic E-state index is -0.518. The Balaban J connectivity index is 1.44. The lowest BCUT2D eigenvalue weighted by Gasteiger charge is -2.45. The SMILES string of the molecule is CC(C)OC(=O)N1CC2COCC(C1)C2Oc1cc(Nc2ccc(C#N)cc2F)ccn1. The van der Waals surface area contributed by atoms with Crippen LogP contribution >= 0.6 is 0 Å². The van der Waals surface area contributed by atoms with Gasteiger partial charge in [-0.1, -0.05) is 0 Å². The van der Waals surface area contributed by atoms with E-state index in [9.17, 15) is 9.18 Å². The number of nitrogens with one attached hydrogen (secondary N) is 1. The first-order chi connectivity index (χ1) is 15.4. The Kier molecular flexibility index (Phi) is 6.42. The molecule has 2 aromatic rings. The highest BCUT2D eigenvalue weighted by atomic mass is 19.1. The second kappa shape index (κ2) is 9.40. The molecule has 0 aliphatic carbocycles. The number of carbonyl (C=O) groups is 1. The minimum Gasteiger partial charge on any atom is -0.473 e. The van der Waals surface area contributed by atoms with Crippen LogP contribution in [-0.4, -0.2) is 54.5 Å². The van der Waals surface area contributed by atoms with Gasteiger partial charge in [-0.15, -0.1) is 0 Å². The molecular formula is C23H25FN4O4. The van der Waals surface area contributed by atoms with Gasteiger partial charge >= 0.3 is 6.09 Å². The number of piperidine rings is 1. The van der Waals surface area contributed by atoms with Crippen LogP contribution in [0.1, 0.15) is 19.4 Å². The van der Waals surface area contributed by atoms with Crippen molar-refractivity contribution in [3.8, 4) is 11.9 Å². The van der Waals surface area contributed by atoms with Crippen molar-refractivity contribution < 1.29 is 23.4 Å². The van der Waals surface area contributed by atoms with Crippen molar-refractivity contribution in [2.24, 2.45) is 11.8 Å². The molecule has 0 spiro atoms. The molecule has 2 saturated heterocycles. The summed E-state index contributed by atoms with van der Waals surface area (Å²) in [5.74, 6) is -0.118. The topological polar surface area (TPSA) is 96.7 Å². The smallest absolute Gasteiger partial charge is 0.410 e. The molecule has 0 radical (unpaired) electrons. The molecule has 2 aliphatic rings. The van der Waals surface area contributed by atoms with Crippen molar-refractivity contribution in [3.63, 3.8) is 0 Å². The van der Waals surface area contributed by atoms with Crippen LogP contribution in [0.5, 0.6) is 5.88 Å². The lowest BCUT2D eigenvalue weighted by Crippen LogP contribution is -2.58. The summed E-state index contributed by atoms with van der Waals surface area (Å²) < 4.78 is 31.5. The average molecular weight is 440 g/mol. The molecule has 2 fully saturated rings. The van der Waals surface area contributed by atoms with Gasteiger partial charge in [-0.2, -0.15) is 5.26 Å². The zero-order valence-electron chi connectivity index (χ0n) is 18.0. The van der Waals surface area contributed by atoms with Gasteiger partial charge in [-0.25, -0.2) is 14.2 Å². The molecule has 168 valence electrons. The largest absolute Gasteiger partial charge is 0.473 e. The van der Waals surface area contributed by atoms with E-state index in [-0.39, 0.29) is 41.4 Å². The van der Waals surface area contributed by atoms with Crippen molar-refractivity contribution in [2.45, 2.75) is 26.1 Å². The van der Waals surface area contributed by atoms with Crippen LogP contribution in [0, 0.1) is 29.0 Å². The van der Waals surface area contributed by atoms with Crippen molar-refractivity contribution in [1.29, 1.82) is 5.26 Å². The van der Waals surface area contributed by atoms with Gasteiger partial charge in [0.05, 0.1) is 36.6 Å². The predicted molar refractivity (Wildman–Crippen MR) is 114 cm³/mol. The number of hydrogen-bond acceptors (Lipinski definition) is 7. The third-order valence-electron chi connectivity index (χ3n) is 5.47. The second-order valence-corrected chi connectivity index (χ2v) is 8.29. The maximum Gasteiger partial charge on any atom is 0.410 e. The van der Waals surface area contributed by atoms with E-state index in [1.54, 1.807) is 29.3 Å². The number of pyridine rings is 1. The number of ether oxygens (including phenoxy) is 3. The number of anilines is 2. The van der Waals surface area contributed by atoms with Gasteiger partial charge < -0.3 is 24.4 Å². The van der Waals surface area contributed by atoms with Crippen LogP contribution in [0.15, 0.2) is 36.5 Å². The van der Waals surface area contributed by atoms with Gasteiger partial charge in [0.15, 0.2) is 0 Å². The first-order valence-electron chi connectivity index (χ1n) is 10.6. The molecule has 2 aliphatic heterocycles. The Morgan fingerprint density at radius 1 is 1.28 bits per heavy atom. The summed E-state index contributed by atoms with van der Waals surface area (Å²) in [4.78, 5) is 18.4. The predicted octanol–water partition coefficient (Wildman–Crippen LogP) is 3.71. The number of carbonyl (C=O) groups excluding carboxylic acids is 1. The number of nitrogens with zero attached hydrogens (tertiary/aromatic N) is 3. The highest BCUT2D eigenvalue weighted by Gasteiger charge is 2.44. The second-order valence-electron chi connectivity index (χ2n) is 8.29. The normalized spacial score (nSPS) is 22.2. The Hall–Kier alpha value is -3.38. The number of aromatic nitrogens is 1. The summed E-state index contributed by atoms with van der Waals surface area (Å²) in [6.45, 7) is 5.60. The first kappa shape index (κ1) is 21.8. The van der Waals surface area contributed by atoms with Gasteiger partial charge in [0, 0.05) is 42.9 Å². The maximum absolute atomic E-state index is 14.2.